The molecule has 5 amide bonds. The van der Waals surface area contributed by atoms with Crippen molar-refractivity contribution in [3.8, 4) is 0 Å². The van der Waals surface area contributed by atoms with Crippen LogP contribution in [0.3, 0.4) is 0 Å². The summed E-state index contributed by atoms with van der Waals surface area (Å²) in [6, 6.07) is 1.79. The van der Waals surface area contributed by atoms with Crippen molar-refractivity contribution in [3.05, 3.63) is 60.0 Å². The highest BCUT2D eigenvalue weighted by molar-refractivity contribution is 7.91. The first kappa shape index (κ1) is 39.4. The Balaban J connectivity index is 1.39. The molecule has 0 radical (unpaired) electrons. The van der Waals surface area contributed by atoms with Gasteiger partial charge in [0.1, 0.15) is 35.1 Å². The molecule has 1 saturated heterocycles. The van der Waals surface area contributed by atoms with Crippen molar-refractivity contribution in [1.82, 2.24) is 25.2 Å². The predicted molar refractivity (Wildman–Crippen MR) is 188 cm³/mol. The molecule has 15 nitrogen and oxygen atoms in total. The molecule has 3 fully saturated rings. The van der Waals surface area contributed by atoms with E-state index in [0.717, 1.165) is 4.90 Å². The van der Waals surface area contributed by atoms with Crippen LogP contribution in [0.15, 0.2) is 43.0 Å². The molecule has 0 spiro atoms. The molecule has 0 bridgehead atoms. The lowest BCUT2D eigenvalue weighted by atomic mass is 10.1. The first-order chi connectivity index (χ1) is 24.9. The Morgan fingerprint density at radius 1 is 1.13 bits per heavy atom. The van der Waals surface area contributed by atoms with E-state index >= 15 is 0 Å². The average Bonchev–Trinajstić information content (AvgIpc) is 3.96. The largest absolute Gasteiger partial charge is 0.444 e. The van der Waals surface area contributed by atoms with Crippen LogP contribution in [-0.2, 0) is 51.8 Å². The number of likely N-dealkylation sites (tertiary alicyclic amines) is 1. The Hall–Kier alpha value is -4.80. The molecule has 5 atom stereocenters. The summed E-state index contributed by atoms with van der Waals surface area (Å²) in [5.74, 6) is -3.96. The molecule has 2 aliphatic heterocycles. The minimum absolute atomic E-state index is 0.0490. The van der Waals surface area contributed by atoms with E-state index in [0.29, 0.717) is 24.0 Å². The maximum Gasteiger partial charge on any atom is 0.410 e. The number of ether oxygens (including phenoxy) is 2. The molecule has 1 aromatic carbocycles. The van der Waals surface area contributed by atoms with Crippen LogP contribution in [0.4, 0.5) is 14.0 Å². The van der Waals surface area contributed by atoms with Crippen molar-refractivity contribution in [2.45, 2.75) is 114 Å². The monoisotopic (exact) mass is 759 g/mol. The van der Waals surface area contributed by atoms with Crippen LogP contribution >= 0.6 is 0 Å². The number of carbonyl (C=O) groups excluding carboxylic acids is 6. The van der Waals surface area contributed by atoms with Gasteiger partial charge in [-0.05, 0) is 71.1 Å². The standard InChI is InChI=1S/C36H46FN5O10S/c1-6-9-23(43)12-15-28(38-33(47)52-35(3,4)5)31(45)42-19-24(51-34(48)41-18-21-10-8-11-27(37)26(21)20-41)16-29(42)30(44)39-36(17-22(36)7-2)32(46)40-53(49,50)25-13-14-25/h6-11,22,24-25,28-29H,2,12-20H2,1,3-5H3,(H,38,47)(H,39,44)(H,40,46)/b9-6+/t22-,24-,28+,29?,36-/m1/s1. The summed E-state index contributed by atoms with van der Waals surface area (Å²) in [5.41, 5.74) is -1.64. The highest BCUT2D eigenvalue weighted by Crippen LogP contribution is 2.45. The summed E-state index contributed by atoms with van der Waals surface area (Å²) in [5, 5.41) is 4.46. The lowest BCUT2D eigenvalue weighted by Crippen LogP contribution is -2.58. The zero-order valence-corrected chi connectivity index (χ0v) is 31.0. The summed E-state index contributed by atoms with van der Waals surface area (Å²) in [6.07, 6.45) is 1.77. The zero-order chi connectivity index (χ0) is 38.9. The SMILES string of the molecule is C=C[C@@H]1C[C@]1(NC(=O)C1C[C@@H](OC(=O)N2Cc3cccc(F)c3C2)CN1C(=O)[C@H](CCC(=O)/C=C/C)NC(=O)OC(C)(C)C)C(=O)NS(=O)(=O)C1CC1. The number of benzene rings is 1. The lowest BCUT2D eigenvalue weighted by molar-refractivity contribution is -0.141. The fourth-order valence-corrected chi connectivity index (χ4v) is 7.95. The van der Waals surface area contributed by atoms with E-state index in [-0.39, 0.29) is 51.1 Å². The molecule has 3 N–H and O–H groups in total. The number of hydrogen-bond acceptors (Lipinski definition) is 10. The van der Waals surface area contributed by atoms with E-state index in [9.17, 15) is 41.6 Å². The second kappa shape index (κ2) is 15.3. The van der Waals surface area contributed by atoms with E-state index in [4.69, 9.17) is 9.47 Å². The number of alkyl carbamates (subject to hydrolysis) is 1. The van der Waals surface area contributed by atoms with Crippen molar-refractivity contribution in [3.63, 3.8) is 0 Å². The maximum atomic E-state index is 14.4. The number of ketones is 1. The van der Waals surface area contributed by atoms with E-state index in [1.807, 2.05) is 0 Å². The second-order valence-corrected chi connectivity index (χ2v) is 16.8. The van der Waals surface area contributed by atoms with E-state index in [1.54, 1.807) is 33.8 Å². The second-order valence-electron chi connectivity index (χ2n) is 14.9. The van der Waals surface area contributed by atoms with Crippen molar-refractivity contribution in [2.75, 3.05) is 6.54 Å². The predicted octanol–water partition coefficient (Wildman–Crippen LogP) is 2.74. The van der Waals surface area contributed by atoms with Crippen molar-refractivity contribution in [2.24, 2.45) is 5.92 Å². The Morgan fingerprint density at radius 3 is 2.45 bits per heavy atom. The first-order valence-electron chi connectivity index (χ1n) is 17.6. The number of hydrogen-bond donors (Lipinski definition) is 3. The van der Waals surface area contributed by atoms with E-state index in [1.165, 1.54) is 35.3 Å². The van der Waals surface area contributed by atoms with Crippen LogP contribution < -0.4 is 15.4 Å². The Labute approximate surface area is 307 Å². The summed E-state index contributed by atoms with van der Waals surface area (Å²) in [4.78, 5) is 82.8. The van der Waals surface area contributed by atoms with Crippen LogP contribution in [0.1, 0.15) is 77.3 Å². The Bertz CT molecular complexity index is 1820. The van der Waals surface area contributed by atoms with E-state index in [2.05, 4.69) is 21.9 Å². The zero-order valence-electron chi connectivity index (χ0n) is 30.2. The molecule has 53 heavy (non-hydrogen) atoms. The molecule has 2 aliphatic carbocycles. The van der Waals surface area contributed by atoms with Crippen LogP contribution in [0, 0.1) is 11.7 Å². The average molecular weight is 760 g/mol. The van der Waals surface area contributed by atoms with Gasteiger partial charge in [-0.15, -0.1) is 6.58 Å². The highest BCUT2D eigenvalue weighted by atomic mass is 32.2. The molecule has 2 heterocycles. The summed E-state index contributed by atoms with van der Waals surface area (Å²) >= 11 is 0. The van der Waals surface area contributed by atoms with Crippen LogP contribution in [-0.4, -0.2) is 95.0 Å². The molecule has 17 heteroatoms. The number of halogens is 1. The smallest absolute Gasteiger partial charge is 0.410 e. The molecule has 5 rings (SSSR count). The van der Waals surface area contributed by atoms with Crippen LogP contribution in [0.5, 0.6) is 0 Å². The molecular weight excluding hydrogens is 713 g/mol. The van der Waals surface area contributed by atoms with Crippen molar-refractivity contribution >= 4 is 45.7 Å². The van der Waals surface area contributed by atoms with Crippen LogP contribution in [0.25, 0.3) is 0 Å². The number of sulfonamides is 1. The van der Waals surface area contributed by atoms with Crippen LogP contribution in [0.2, 0.25) is 0 Å². The number of rotatable bonds is 13. The maximum absolute atomic E-state index is 14.4. The van der Waals surface area contributed by atoms with Gasteiger partial charge in [0.25, 0.3) is 5.91 Å². The number of allylic oxidation sites excluding steroid dienone is 2. The van der Waals surface area contributed by atoms with Gasteiger partial charge in [-0.2, -0.15) is 0 Å². The minimum Gasteiger partial charge on any atom is -0.444 e. The van der Waals surface area contributed by atoms with Gasteiger partial charge in [0.15, 0.2) is 5.78 Å². The Kier molecular flexibility index (Phi) is 11.4. The topological polar surface area (TPSA) is 198 Å². The van der Waals surface area contributed by atoms with Gasteiger partial charge in [-0.25, -0.2) is 22.4 Å². The van der Waals surface area contributed by atoms with Gasteiger partial charge in [0, 0.05) is 30.9 Å². The van der Waals surface area contributed by atoms with Gasteiger partial charge >= 0.3 is 12.2 Å². The summed E-state index contributed by atoms with van der Waals surface area (Å²) < 4.78 is 52.9. The van der Waals surface area contributed by atoms with Gasteiger partial charge in [0.2, 0.25) is 21.8 Å². The number of nitrogens with one attached hydrogen (secondary N) is 3. The third-order valence-corrected chi connectivity index (χ3v) is 11.4. The quantitative estimate of drug-likeness (QED) is 0.199. The number of carbonyl (C=O) groups is 6. The normalized spacial score (nSPS) is 24.2. The molecule has 0 aromatic heterocycles. The van der Waals surface area contributed by atoms with Crippen molar-refractivity contribution in [1.29, 1.82) is 0 Å². The molecule has 1 unspecified atom stereocenters. The molecule has 1 aromatic rings. The highest BCUT2D eigenvalue weighted by Gasteiger charge is 2.62. The van der Waals surface area contributed by atoms with Gasteiger partial charge in [-0.1, -0.05) is 24.3 Å². The number of nitrogens with zero attached hydrogens (tertiary/aromatic N) is 2. The van der Waals surface area contributed by atoms with Gasteiger partial charge < -0.3 is 25.0 Å². The summed E-state index contributed by atoms with van der Waals surface area (Å²) in [7, 11) is -3.97. The molecular formula is C36H46FN5O10S. The molecule has 4 aliphatic rings. The summed E-state index contributed by atoms with van der Waals surface area (Å²) in [6.45, 7) is 9.95. The molecule has 288 valence electrons. The molecule has 2 saturated carbocycles. The third-order valence-electron chi connectivity index (χ3n) is 9.57. The first-order valence-corrected chi connectivity index (χ1v) is 19.1. The number of fused-ring (bicyclic) bond motifs is 1. The number of amides is 5. The van der Waals surface area contributed by atoms with Gasteiger partial charge in [-0.3, -0.25) is 28.8 Å². The van der Waals surface area contributed by atoms with Crippen molar-refractivity contribution < 1.29 is 51.0 Å². The minimum atomic E-state index is -3.97. The fraction of sp³-hybridized carbons (Fsp3) is 0.556. The lowest BCUT2D eigenvalue weighted by Gasteiger charge is -2.30. The van der Waals surface area contributed by atoms with E-state index < -0.39 is 86.2 Å². The fourth-order valence-electron chi connectivity index (χ4n) is 6.58. The van der Waals surface area contributed by atoms with Gasteiger partial charge in [0.05, 0.1) is 18.3 Å². The third kappa shape index (κ3) is 9.23. The Morgan fingerprint density at radius 2 is 1.85 bits per heavy atom.